The van der Waals surface area contributed by atoms with Gasteiger partial charge in [0.1, 0.15) is 0 Å². The third kappa shape index (κ3) is 1.90. The second-order valence-corrected chi connectivity index (χ2v) is 3.62. The molecule has 0 saturated carbocycles. The van der Waals surface area contributed by atoms with Gasteiger partial charge in [-0.05, 0) is 23.8 Å². The van der Waals surface area contributed by atoms with Crippen LogP contribution in [0, 0.1) is 0 Å². The second kappa shape index (κ2) is 3.83. The molecule has 3 heteroatoms. The molecule has 0 bridgehead atoms. The van der Waals surface area contributed by atoms with Crippen molar-refractivity contribution >= 4 is 11.6 Å². The van der Waals surface area contributed by atoms with Crippen molar-refractivity contribution in [3.63, 3.8) is 0 Å². The van der Waals surface area contributed by atoms with Gasteiger partial charge in [-0.1, -0.05) is 35.9 Å². The Morgan fingerprint density at radius 1 is 0.933 bits per heavy atom. The summed E-state index contributed by atoms with van der Waals surface area (Å²) in [5.74, 6) is -0.257. The van der Waals surface area contributed by atoms with Gasteiger partial charge in [0, 0.05) is 10.6 Å². The summed E-state index contributed by atoms with van der Waals surface area (Å²) in [5, 5.41) is 19.6. The second-order valence-electron chi connectivity index (χ2n) is 3.18. The fourth-order valence-electron chi connectivity index (χ4n) is 1.42. The van der Waals surface area contributed by atoms with E-state index in [1.54, 1.807) is 30.3 Å². The Labute approximate surface area is 92.4 Å². The van der Waals surface area contributed by atoms with Crippen LogP contribution in [0.5, 0.6) is 11.5 Å². The molecule has 0 aliphatic rings. The van der Waals surface area contributed by atoms with Gasteiger partial charge in [-0.3, -0.25) is 0 Å². The molecular weight excluding hydrogens is 212 g/mol. The number of aromatic hydroxyl groups is 2. The van der Waals surface area contributed by atoms with Crippen LogP contribution in [0.15, 0.2) is 42.5 Å². The van der Waals surface area contributed by atoms with Crippen molar-refractivity contribution in [1.82, 2.24) is 0 Å². The highest BCUT2D eigenvalue weighted by molar-refractivity contribution is 6.30. The Morgan fingerprint density at radius 2 is 1.67 bits per heavy atom. The zero-order valence-corrected chi connectivity index (χ0v) is 8.57. The first-order chi connectivity index (χ1) is 7.18. The summed E-state index contributed by atoms with van der Waals surface area (Å²) in [6, 6.07) is 11.9. The maximum Gasteiger partial charge on any atom is 0.165 e. The first kappa shape index (κ1) is 9.87. The molecule has 0 aliphatic heterocycles. The minimum Gasteiger partial charge on any atom is -0.504 e. The largest absolute Gasteiger partial charge is 0.504 e. The van der Waals surface area contributed by atoms with E-state index in [0.29, 0.717) is 10.6 Å². The van der Waals surface area contributed by atoms with E-state index in [4.69, 9.17) is 11.6 Å². The van der Waals surface area contributed by atoms with E-state index < -0.39 is 0 Å². The van der Waals surface area contributed by atoms with Crippen LogP contribution in [0.1, 0.15) is 0 Å². The average Bonchev–Trinajstić information content (AvgIpc) is 2.22. The normalized spacial score (nSPS) is 10.2. The van der Waals surface area contributed by atoms with Crippen LogP contribution in [0.25, 0.3) is 11.1 Å². The summed E-state index contributed by atoms with van der Waals surface area (Å²) in [7, 11) is 0. The molecule has 0 amide bonds. The lowest BCUT2D eigenvalue weighted by molar-refractivity contribution is 0.405. The molecule has 2 aromatic carbocycles. The van der Waals surface area contributed by atoms with Crippen LogP contribution in [-0.4, -0.2) is 10.2 Å². The number of hydrogen-bond donors (Lipinski definition) is 2. The zero-order valence-electron chi connectivity index (χ0n) is 7.81. The Morgan fingerprint density at radius 3 is 2.40 bits per heavy atom. The number of rotatable bonds is 1. The van der Waals surface area contributed by atoms with Gasteiger partial charge < -0.3 is 10.2 Å². The van der Waals surface area contributed by atoms with Crippen molar-refractivity contribution < 1.29 is 10.2 Å². The summed E-state index contributed by atoms with van der Waals surface area (Å²) in [4.78, 5) is 0. The zero-order chi connectivity index (χ0) is 10.8. The molecule has 0 heterocycles. The van der Waals surface area contributed by atoms with Crippen molar-refractivity contribution in [2.45, 2.75) is 0 Å². The van der Waals surface area contributed by atoms with Crippen LogP contribution in [0.3, 0.4) is 0 Å². The molecule has 0 fully saturated rings. The summed E-state index contributed by atoms with van der Waals surface area (Å²) in [6.45, 7) is 0. The summed E-state index contributed by atoms with van der Waals surface area (Å²) >= 11 is 5.84. The standard InChI is InChI=1S/C12H9ClO2/c13-9-4-1-3-8(7-9)10-5-2-6-11(14)12(10)15/h1-7,14-15H. The molecule has 2 nitrogen and oxygen atoms in total. The summed E-state index contributed by atoms with van der Waals surface area (Å²) in [5.41, 5.74) is 1.34. The minimum absolute atomic E-state index is 0.125. The molecule has 76 valence electrons. The molecule has 0 aromatic heterocycles. The molecule has 0 saturated heterocycles. The van der Waals surface area contributed by atoms with E-state index in [1.807, 2.05) is 6.07 Å². The number of hydrogen-bond acceptors (Lipinski definition) is 2. The Hall–Kier alpha value is -1.67. The molecule has 0 spiro atoms. The van der Waals surface area contributed by atoms with Crippen molar-refractivity contribution in [1.29, 1.82) is 0 Å². The van der Waals surface area contributed by atoms with E-state index in [1.165, 1.54) is 6.07 Å². The minimum atomic E-state index is -0.132. The number of para-hydroxylation sites is 1. The van der Waals surface area contributed by atoms with Gasteiger partial charge >= 0.3 is 0 Å². The van der Waals surface area contributed by atoms with E-state index in [2.05, 4.69) is 0 Å². The van der Waals surface area contributed by atoms with E-state index >= 15 is 0 Å². The lowest BCUT2D eigenvalue weighted by atomic mass is 10.0. The first-order valence-corrected chi connectivity index (χ1v) is 4.83. The van der Waals surface area contributed by atoms with Crippen LogP contribution in [0.2, 0.25) is 5.02 Å². The lowest BCUT2D eigenvalue weighted by Crippen LogP contribution is -1.79. The Kier molecular flexibility index (Phi) is 2.52. The predicted molar refractivity (Wildman–Crippen MR) is 60.2 cm³/mol. The average molecular weight is 221 g/mol. The monoisotopic (exact) mass is 220 g/mol. The van der Waals surface area contributed by atoms with E-state index in [0.717, 1.165) is 5.56 Å². The molecule has 0 atom stereocenters. The summed E-state index contributed by atoms with van der Waals surface area (Å²) < 4.78 is 0. The quantitative estimate of drug-likeness (QED) is 0.723. The third-order valence-electron chi connectivity index (χ3n) is 2.15. The highest BCUT2D eigenvalue weighted by Crippen LogP contribution is 2.36. The molecule has 0 unspecified atom stereocenters. The van der Waals surface area contributed by atoms with Gasteiger partial charge in [-0.2, -0.15) is 0 Å². The first-order valence-electron chi connectivity index (χ1n) is 4.45. The Balaban J connectivity index is 2.59. The molecule has 15 heavy (non-hydrogen) atoms. The van der Waals surface area contributed by atoms with Gasteiger partial charge in [-0.25, -0.2) is 0 Å². The topological polar surface area (TPSA) is 40.5 Å². The predicted octanol–water partition coefficient (Wildman–Crippen LogP) is 3.42. The van der Waals surface area contributed by atoms with Gasteiger partial charge in [-0.15, -0.1) is 0 Å². The smallest absolute Gasteiger partial charge is 0.165 e. The van der Waals surface area contributed by atoms with Crippen molar-refractivity contribution in [3.8, 4) is 22.6 Å². The van der Waals surface area contributed by atoms with Gasteiger partial charge in [0.2, 0.25) is 0 Å². The molecular formula is C12H9ClO2. The maximum atomic E-state index is 9.65. The highest BCUT2D eigenvalue weighted by atomic mass is 35.5. The van der Waals surface area contributed by atoms with E-state index in [-0.39, 0.29) is 11.5 Å². The molecule has 2 aromatic rings. The van der Waals surface area contributed by atoms with Crippen LogP contribution >= 0.6 is 11.6 Å². The fourth-order valence-corrected chi connectivity index (χ4v) is 1.61. The van der Waals surface area contributed by atoms with Crippen molar-refractivity contribution in [2.75, 3.05) is 0 Å². The van der Waals surface area contributed by atoms with Crippen LogP contribution < -0.4 is 0 Å². The van der Waals surface area contributed by atoms with Gasteiger partial charge in [0.15, 0.2) is 11.5 Å². The van der Waals surface area contributed by atoms with Crippen LogP contribution in [0.4, 0.5) is 0 Å². The van der Waals surface area contributed by atoms with Gasteiger partial charge in [0.05, 0.1) is 0 Å². The van der Waals surface area contributed by atoms with Crippen LogP contribution in [-0.2, 0) is 0 Å². The van der Waals surface area contributed by atoms with Crippen molar-refractivity contribution in [2.24, 2.45) is 0 Å². The number of phenolic OH excluding ortho intramolecular Hbond substituents is 2. The maximum absolute atomic E-state index is 9.65. The fraction of sp³-hybridized carbons (Fsp3) is 0. The molecule has 2 rings (SSSR count). The van der Waals surface area contributed by atoms with Crippen molar-refractivity contribution in [3.05, 3.63) is 47.5 Å². The lowest BCUT2D eigenvalue weighted by Gasteiger charge is -2.06. The van der Waals surface area contributed by atoms with E-state index in [9.17, 15) is 10.2 Å². The summed E-state index contributed by atoms with van der Waals surface area (Å²) in [6.07, 6.45) is 0. The number of benzene rings is 2. The molecule has 0 radical (unpaired) electrons. The third-order valence-corrected chi connectivity index (χ3v) is 2.39. The highest BCUT2D eigenvalue weighted by Gasteiger charge is 2.07. The SMILES string of the molecule is Oc1cccc(-c2cccc(Cl)c2)c1O. The molecule has 2 N–H and O–H groups in total. The van der Waals surface area contributed by atoms with Gasteiger partial charge in [0.25, 0.3) is 0 Å². The Bertz CT molecular complexity index is 495. The number of phenols is 2. The molecule has 0 aliphatic carbocycles. The number of halogens is 1.